The van der Waals surface area contributed by atoms with Crippen LogP contribution in [0.1, 0.15) is 35.0 Å². The van der Waals surface area contributed by atoms with Crippen molar-refractivity contribution in [2.75, 3.05) is 30.8 Å². The van der Waals surface area contributed by atoms with Gasteiger partial charge in [-0.15, -0.1) is 0 Å². The number of para-hydroxylation sites is 2. The van der Waals surface area contributed by atoms with Crippen molar-refractivity contribution in [1.29, 1.82) is 0 Å². The minimum absolute atomic E-state index is 0.0676. The number of nitrogen functional groups attached to an aromatic ring is 1. The van der Waals surface area contributed by atoms with Crippen LogP contribution in [0.3, 0.4) is 0 Å². The van der Waals surface area contributed by atoms with Crippen molar-refractivity contribution < 1.29 is 14.3 Å². The van der Waals surface area contributed by atoms with Crippen LogP contribution < -0.4 is 21.1 Å². The lowest BCUT2D eigenvalue weighted by Gasteiger charge is -2.33. The molecular weight excluding hydrogens is 384 g/mol. The predicted octanol–water partition coefficient (Wildman–Crippen LogP) is 1.31. The Morgan fingerprint density at radius 3 is 2.87 bits per heavy atom. The molecule has 0 saturated carbocycles. The van der Waals surface area contributed by atoms with Gasteiger partial charge in [0.05, 0.1) is 24.8 Å². The van der Waals surface area contributed by atoms with E-state index in [0.717, 1.165) is 18.5 Å². The number of likely N-dealkylation sites (N-methyl/N-ethyl adjacent to an activating group) is 1. The summed E-state index contributed by atoms with van der Waals surface area (Å²) in [6, 6.07) is 7.61. The lowest BCUT2D eigenvalue weighted by atomic mass is 10.1. The highest BCUT2D eigenvalue weighted by molar-refractivity contribution is 5.98. The molecule has 1 aromatic heterocycles. The Morgan fingerprint density at radius 1 is 1.37 bits per heavy atom. The summed E-state index contributed by atoms with van der Waals surface area (Å²) in [5.74, 6) is 0.135. The predicted molar refractivity (Wildman–Crippen MR) is 113 cm³/mol. The van der Waals surface area contributed by atoms with Crippen molar-refractivity contribution >= 4 is 23.3 Å². The average Bonchev–Trinajstić information content (AvgIpc) is 3.32. The SMILES string of the molecule is C=CC(=O)N1CCC[C@H]1Cn1nc(C2CN(C)c3ccccc3O2)c(C(N)=O)c1N. The zero-order chi connectivity index (χ0) is 21.4. The number of amides is 2. The van der Waals surface area contributed by atoms with Crippen molar-refractivity contribution in [3.63, 3.8) is 0 Å². The highest BCUT2D eigenvalue weighted by Gasteiger charge is 2.34. The summed E-state index contributed by atoms with van der Waals surface area (Å²) in [5, 5.41) is 4.62. The number of rotatable bonds is 5. The number of hydrogen-bond donors (Lipinski definition) is 2. The van der Waals surface area contributed by atoms with E-state index >= 15 is 0 Å². The quantitative estimate of drug-likeness (QED) is 0.717. The number of carbonyl (C=O) groups excluding carboxylic acids is 2. The smallest absolute Gasteiger partial charge is 0.254 e. The molecule has 3 heterocycles. The molecule has 0 radical (unpaired) electrons. The van der Waals surface area contributed by atoms with Gasteiger partial charge < -0.3 is 26.0 Å². The Kier molecular flexibility index (Phi) is 5.11. The summed E-state index contributed by atoms with van der Waals surface area (Å²) in [4.78, 5) is 28.2. The number of likely N-dealkylation sites (tertiary alicyclic amines) is 1. The van der Waals surface area contributed by atoms with Gasteiger partial charge in [0.15, 0.2) is 6.10 Å². The van der Waals surface area contributed by atoms with Crippen LogP contribution in [0.5, 0.6) is 5.75 Å². The van der Waals surface area contributed by atoms with E-state index in [-0.39, 0.29) is 23.3 Å². The van der Waals surface area contributed by atoms with Gasteiger partial charge in [0.25, 0.3) is 5.91 Å². The molecule has 9 nitrogen and oxygen atoms in total. The maximum absolute atomic E-state index is 12.2. The van der Waals surface area contributed by atoms with Crippen LogP contribution in [0, 0.1) is 0 Å². The number of anilines is 2. The van der Waals surface area contributed by atoms with Gasteiger partial charge in [-0.2, -0.15) is 5.10 Å². The zero-order valence-electron chi connectivity index (χ0n) is 17.0. The molecule has 0 spiro atoms. The lowest BCUT2D eigenvalue weighted by Crippen LogP contribution is -2.37. The Hall–Kier alpha value is -3.49. The molecule has 4 N–H and O–H groups in total. The van der Waals surface area contributed by atoms with Crippen LogP contribution in [0.25, 0.3) is 0 Å². The number of nitrogens with zero attached hydrogens (tertiary/aromatic N) is 4. The van der Waals surface area contributed by atoms with E-state index in [9.17, 15) is 9.59 Å². The third kappa shape index (κ3) is 3.36. The van der Waals surface area contributed by atoms with Crippen molar-refractivity contribution in [1.82, 2.24) is 14.7 Å². The van der Waals surface area contributed by atoms with Gasteiger partial charge in [-0.05, 0) is 31.1 Å². The summed E-state index contributed by atoms with van der Waals surface area (Å²) in [6.07, 6.45) is 2.55. The molecule has 158 valence electrons. The van der Waals surface area contributed by atoms with Gasteiger partial charge in [0, 0.05) is 13.6 Å². The Bertz CT molecular complexity index is 1000. The molecule has 9 heteroatoms. The number of hydrogen-bond acceptors (Lipinski definition) is 6. The summed E-state index contributed by atoms with van der Waals surface area (Å²) < 4.78 is 7.70. The molecule has 2 atom stereocenters. The van der Waals surface area contributed by atoms with E-state index in [1.54, 1.807) is 9.58 Å². The number of primary amides is 1. The highest BCUT2D eigenvalue weighted by Crippen LogP contribution is 2.38. The van der Waals surface area contributed by atoms with E-state index in [1.165, 1.54) is 6.08 Å². The first-order valence-corrected chi connectivity index (χ1v) is 9.96. The number of fused-ring (bicyclic) bond motifs is 1. The standard InChI is InChI=1S/C21H26N6O3/c1-3-17(28)26-10-6-7-13(26)11-27-20(22)18(21(23)29)19(24-27)16-12-25(2)14-8-4-5-9-15(14)30-16/h3-5,8-9,13,16H,1,6-7,10-12,22H2,2H3,(H2,23,29)/t13-,16?/m0/s1. The first-order chi connectivity index (χ1) is 14.4. The van der Waals surface area contributed by atoms with Crippen molar-refractivity contribution in [3.8, 4) is 5.75 Å². The number of ether oxygens (including phenoxy) is 1. The lowest BCUT2D eigenvalue weighted by molar-refractivity contribution is -0.127. The van der Waals surface area contributed by atoms with Crippen LogP contribution >= 0.6 is 0 Å². The largest absolute Gasteiger partial charge is 0.480 e. The normalized spacial score (nSPS) is 20.6. The fourth-order valence-corrected chi connectivity index (χ4v) is 4.30. The van der Waals surface area contributed by atoms with Crippen LogP contribution in [0.2, 0.25) is 0 Å². The summed E-state index contributed by atoms with van der Waals surface area (Å²) in [7, 11) is 1.95. The van der Waals surface area contributed by atoms with Gasteiger partial charge in [0.2, 0.25) is 5.91 Å². The van der Waals surface area contributed by atoms with Crippen LogP contribution in [-0.4, -0.2) is 52.7 Å². The second kappa shape index (κ2) is 7.74. The summed E-state index contributed by atoms with van der Waals surface area (Å²) in [5.41, 5.74) is 13.5. The molecule has 2 aliphatic heterocycles. The van der Waals surface area contributed by atoms with Crippen molar-refractivity contribution in [2.24, 2.45) is 5.73 Å². The van der Waals surface area contributed by atoms with Gasteiger partial charge in [-0.3, -0.25) is 9.59 Å². The molecule has 1 saturated heterocycles. The minimum Gasteiger partial charge on any atom is -0.480 e. The fourth-order valence-electron chi connectivity index (χ4n) is 4.30. The Morgan fingerprint density at radius 2 is 2.13 bits per heavy atom. The molecule has 0 aliphatic carbocycles. The van der Waals surface area contributed by atoms with E-state index in [4.69, 9.17) is 16.2 Å². The molecule has 4 rings (SSSR count). The average molecular weight is 410 g/mol. The number of nitrogens with two attached hydrogens (primary N) is 2. The summed E-state index contributed by atoms with van der Waals surface area (Å²) in [6.45, 7) is 5.12. The maximum Gasteiger partial charge on any atom is 0.254 e. The molecule has 2 amide bonds. The van der Waals surface area contributed by atoms with Gasteiger partial charge in [-0.1, -0.05) is 18.7 Å². The first kappa shape index (κ1) is 19.8. The first-order valence-electron chi connectivity index (χ1n) is 9.96. The van der Waals surface area contributed by atoms with Crippen molar-refractivity contribution in [3.05, 3.63) is 48.2 Å². The number of aromatic nitrogens is 2. The third-order valence-corrected chi connectivity index (χ3v) is 5.77. The second-order valence-corrected chi connectivity index (χ2v) is 7.68. The topological polar surface area (TPSA) is 120 Å². The van der Waals surface area contributed by atoms with E-state index in [2.05, 4.69) is 11.7 Å². The molecule has 30 heavy (non-hydrogen) atoms. The number of carbonyl (C=O) groups is 2. The molecule has 2 aliphatic rings. The van der Waals surface area contributed by atoms with Gasteiger partial charge in [0.1, 0.15) is 22.8 Å². The maximum atomic E-state index is 12.2. The fraction of sp³-hybridized carbons (Fsp3) is 0.381. The van der Waals surface area contributed by atoms with Gasteiger partial charge in [-0.25, -0.2) is 4.68 Å². The summed E-state index contributed by atoms with van der Waals surface area (Å²) >= 11 is 0. The molecule has 1 aromatic carbocycles. The highest BCUT2D eigenvalue weighted by atomic mass is 16.5. The molecule has 2 aromatic rings. The third-order valence-electron chi connectivity index (χ3n) is 5.77. The second-order valence-electron chi connectivity index (χ2n) is 7.68. The van der Waals surface area contributed by atoms with Crippen LogP contribution in [-0.2, 0) is 11.3 Å². The molecule has 0 bridgehead atoms. The van der Waals surface area contributed by atoms with Crippen LogP contribution in [0.4, 0.5) is 11.5 Å². The molecule has 1 fully saturated rings. The zero-order valence-corrected chi connectivity index (χ0v) is 17.0. The Labute approximate surface area is 174 Å². The monoisotopic (exact) mass is 410 g/mol. The van der Waals surface area contributed by atoms with E-state index in [0.29, 0.717) is 31.1 Å². The minimum atomic E-state index is -0.649. The van der Waals surface area contributed by atoms with E-state index in [1.807, 2.05) is 36.2 Å². The number of benzene rings is 1. The van der Waals surface area contributed by atoms with Crippen LogP contribution in [0.15, 0.2) is 36.9 Å². The Balaban J connectivity index is 1.66. The van der Waals surface area contributed by atoms with Gasteiger partial charge >= 0.3 is 0 Å². The molecular formula is C21H26N6O3. The van der Waals surface area contributed by atoms with E-state index < -0.39 is 12.0 Å². The molecule has 1 unspecified atom stereocenters. The van der Waals surface area contributed by atoms with Crippen molar-refractivity contribution in [2.45, 2.75) is 31.5 Å².